The van der Waals surface area contributed by atoms with Crippen molar-refractivity contribution in [1.29, 1.82) is 0 Å². The summed E-state index contributed by atoms with van der Waals surface area (Å²) in [6, 6.07) is 1.84. The number of nitrogens with one attached hydrogen (secondary N) is 1. The van der Waals surface area contributed by atoms with E-state index in [-0.39, 0.29) is 11.5 Å². The molecule has 2 aliphatic rings. The smallest absolute Gasteiger partial charge is 0.267 e. The molecule has 122 valence electrons. The minimum Gasteiger partial charge on any atom is -0.333 e. The first-order valence-corrected chi connectivity index (χ1v) is 9.45. The predicted molar refractivity (Wildman–Crippen MR) is 94.3 cm³/mol. The van der Waals surface area contributed by atoms with Gasteiger partial charge in [0, 0.05) is 18.5 Å². The number of hydrogen-bond donors (Lipinski definition) is 1. The molecule has 0 bridgehead atoms. The molecule has 0 aliphatic carbocycles. The van der Waals surface area contributed by atoms with Gasteiger partial charge in [0.15, 0.2) is 0 Å². The zero-order valence-corrected chi connectivity index (χ0v) is 14.6. The third-order valence-electron chi connectivity index (χ3n) is 4.62. The second-order valence-electron chi connectivity index (χ2n) is 6.08. The molecule has 1 N–H and O–H groups in total. The number of nitrogens with zero attached hydrogens (tertiary/aromatic N) is 3. The summed E-state index contributed by atoms with van der Waals surface area (Å²) in [5.41, 5.74) is 1.75. The maximum atomic E-state index is 13.3. The van der Waals surface area contributed by atoms with Gasteiger partial charge >= 0.3 is 0 Å². The number of carbonyl (C=O) groups excluding carboxylic acids is 1. The van der Waals surface area contributed by atoms with Gasteiger partial charge in [-0.3, -0.25) is 14.2 Å². The Morgan fingerprint density at radius 2 is 2.21 bits per heavy atom. The second-order valence-corrected chi connectivity index (χ2v) is 8.08. The van der Waals surface area contributed by atoms with Crippen LogP contribution in [0.2, 0.25) is 0 Å². The van der Waals surface area contributed by atoms with Crippen LogP contribution in [-0.4, -0.2) is 34.0 Å². The van der Waals surface area contributed by atoms with Crippen LogP contribution < -0.4 is 10.9 Å². The average Bonchev–Trinajstić information content (AvgIpc) is 3.16. The summed E-state index contributed by atoms with van der Waals surface area (Å²) in [6.45, 7) is 2.02. The van der Waals surface area contributed by atoms with Crippen LogP contribution in [0.5, 0.6) is 0 Å². The topological polar surface area (TPSA) is 67.2 Å². The van der Waals surface area contributed by atoms with Crippen molar-refractivity contribution in [1.82, 2.24) is 19.8 Å². The van der Waals surface area contributed by atoms with Crippen LogP contribution in [0.15, 0.2) is 16.2 Å². The normalized spacial score (nSPS) is 16.7. The van der Waals surface area contributed by atoms with E-state index < -0.39 is 0 Å². The second kappa shape index (κ2) is 4.98. The number of thiophene rings is 2. The van der Waals surface area contributed by atoms with E-state index in [1.165, 1.54) is 16.2 Å². The number of aromatic nitrogens is 2. The monoisotopic (exact) mass is 358 g/mol. The largest absolute Gasteiger partial charge is 0.333 e. The lowest BCUT2D eigenvalue weighted by Gasteiger charge is -2.14. The van der Waals surface area contributed by atoms with Crippen molar-refractivity contribution in [2.75, 3.05) is 13.6 Å². The Balaban J connectivity index is 1.90. The first-order chi connectivity index (χ1) is 11.6. The molecule has 0 saturated carbocycles. The maximum absolute atomic E-state index is 13.3. The lowest BCUT2D eigenvalue weighted by atomic mass is 10.1. The van der Waals surface area contributed by atoms with Crippen LogP contribution in [0.3, 0.4) is 0 Å². The fourth-order valence-corrected chi connectivity index (χ4v) is 5.53. The van der Waals surface area contributed by atoms with Crippen molar-refractivity contribution in [3.05, 3.63) is 42.9 Å². The maximum Gasteiger partial charge on any atom is 0.267 e. The van der Waals surface area contributed by atoms with Crippen LogP contribution in [-0.2, 0) is 19.5 Å². The van der Waals surface area contributed by atoms with Gasteiger partial charge in [-0.1, -0.05) is 0 Å². The van der Waals surface area contributed by atoms with Crippen molar-refractivity contribution < 1.29 is 4.79 Å². The fourth-order valence-electron chi connectivity index (χ4n) is 3.47. The van der Waals surface area contributed by atoms with Crippen LogP contribution in [0.4, 0.5) is 0 Å². The molecular weight excluding hydrogens is 344 g/mol. The van der Waals surface area contributed by atoms with Gasteiger partial charge in [0.2, 0.25) is 0 Å². The number of carbonyl (C=O) groups is 1. The van der Waals surface area contributed by atoms with Gasteiger partial charge in [0.25, 0.3) is 11.5 Å². The summed E-state index contributed by atoms with van der Waals surface area (Å²) in [6.07, 6.45) is 0.848. The van der Waals surface area contributed by atoms with Crippen molar-refractivity contribution in [2.24, 2.45) is 0 Å². The van der Waals surface area contributed by atoms with Gasteiger partial charge < -0.3 is 10.2 Å². The summed E-state index contributed by atoms with van der Waals surface area (Å²) in [7, 11) is 1.75. The molecule has 0 radical (unpaired) electrons. The zero-order chi connectivity index (χ0) is 16.4. The summed E-state index contributed by atoms with van der Waals surface area (Å²) in [5, 5.41) is 5.94. The molecule has 2 aliphatic heterocycles. The van der Waals surface area contributed by atoms with E-state index in [2.05, 4.69) is 5.32 Å². The van der Waals surface area contributed by atoms with E-state index in [4.69, 9.17) is 4.98 Å². The predicted octanol–water partition coefficient (Wildman–Crippen LogP) is 1.74. The van der Waals surface area contributed by atoms with E-state index in [1.54, 1.807) is 27.9 Å². The van der Waals surface area contributed by atoms with Crippen LogP contribution in [0.1, 0.15) is 25.9 Å². The van der Waals surface area contributed by atoms with Gasteiger partial charge in [-0.25, -0.2) is 4.98 Å². The summed E-state index contributed by atoms with van der Waals surface area (Å²) < 4.78 is 1.64. The van der Waals surface area contributed by atoms with Gasteiger partial charge in [-0.15, -0.1) is 22.7 Å². The van der Waals surface area contributed by atoms with E-state index >= 15 is 0 Å². The Hall–Kier alpha value is -2.03. The molecule has 8 heteroatoms. The lowest BCUT2D eigenvalue weighted by Crippen LogP contribution is -2.28. The van der Waals surface area contributed by atoms with Gasteiger partial charge in [-0.05, 0) is 30.0 Å². The quantitative estimate of drug-likeness (QED) is 0.665. The van der Waals surface area contributed by atoms with Crippen molar-refractivity contribution in [3.63, 3.8) is 0 Å². The fraction of sp³-hybridized carbons (Fsp3) is 0.312. The SMILES string of the molecule is CN1Cc2nc3sc4c(c3c(=O)n2-c2ccsc2C1=O)CCNC4. The molecule has 0 fully saturated rings. The molecule has 0 atom stereocenters. The van der Waals surface area contributed by atoms with E-state index in [0.29, 0.717) is 22.9 Å². The van der Waals surface area contributed by atoms with Crippen LogP contribution >= 0.6 is 22.7 Å². The number of hydrogen-bond acceptors (Lipinski definition) is 6. The average molecular weight is 358 g/mol. The molecule has 5 rings (SSSR count). The highest BCUT2D eigenvalue weighted by molar-refractivity contribution is 7.18. The van der Waals surface area contributed by atoms with Crippen molar-refractivity contribution in [2.45, 2.75) is 19.5 Å². The number of fused-ring (bicyclic) bond motifs is 6. The van der Waals surface area contributed by atoms with Crippen molar-refractivity contribution in [3.8, 4) is 5.69 Å². The van der Waals surface area contributed by atoms with Crippen LogP contribution in [0.25, 0.3) is 15.9 Å². The van der Waals surface area contributed by atoms with Crippen molar-refractivity contribution >= 4 is 38.8 Å². The lowest BCUT2D eigenvalue weighted by molar-refractivity contribution is 0.0791. The summed E-state index contributed by atoms with van der Waals surface area (Å²) in [4.78, 5) is 34.8. The molecule has 0 spiro atoms. The standard InChI is InChI=1S/C16H14N4O2S2/c1-19-7-11-18-14-12(8-2-4-17-6-10(8)24-14)15(21)20(11)9-3-5-23-13(9)16(19)22/h3,5,17H,2,4,6-7H2,1H3. The first kappa shape index (κ1) is 14.3. The Kier molecular flexibility index (Phi) is 2.97. The third kappa shape index (κ3) is 1.81. The highest BCUT2D eigenvalue weighted by Crippen LogP contribution is 2.32. The minimum atomic E-state index is -0.0560. The van der Waals surface area contributed by atoms with E-state index in [1.807, 2.05) is 11.4 Å². The first-order valence-electron chi connectivity index (χ1n) is 7.75. The van der Waals surface area contributed by atoms with Crippen LogP contribution in [0, 0.1) is 0 Å². The minimum absolute atomic E-state index is 0.0443. The third-order valence-corrected chi connectivity index (χ3v) is 6.64. The molecular formula is C16H14N4O2S2. The highest BCUT2D eigenvalue weighted by atomic mass is 32.1. The Labute approximate surface area is 145 Å². The molecule has 3 aromatic heterocycles. The number of rotatable bonds is 0. The summed E-state index contributed by atoms with van der Waals surface area (Å²) >= 11 is 2.96. The molecule has 0 aromatic carbocycles. The molecule has 5 heterocycles. The molecule has 3 aromatic rings. The molecule has 6 nitrogen and oxygen atoms in total. The van der Waals surface area contributed by atoms with E-state index in [9.17, 15) is 9.59 Å². The van der Waals surface area contributed by atoms with Gasteiger partial charge in [0.05, 0.1) is 17.6 Å². The Bertz CT molecular complexity index is 1060. The summed E-state index contributed by atoms with van der Waals surface area (Å²) in [5.74, 6) is 0.575. The van der Waals surface area contributed by atoms with E-state index in [0.717, 1.165) is 35.3 Å². The molecule has 0 unspecified atom stereocenters. The molecule has 1 amide bonds. The van der Waals surface area contributed by atoms with Gasteiger partial charge in [0.1, 0.15) is 15.5 Å². The Morgan fingerprint density at radius 1 is 1.33 bits per heavy atom. The Morgan fingerprint density at radius 3 is 3.08 bits per heavy atom. The zero-order valence-electron chi connectivity index (χ0n) is 13.0. The number of amides is 1. The highest BCUT2D eigenvalue weighted by Gasteiger charge is 2.29. The molecule has 0 saturated heterocycles. The molecule has 24 heavy (non-hydrogen) atoms. The van der Waals surface area contributed by atoms with Gasteiger partial charge in [-0.2, -0.15) is 0 Å².